The van der Waals surface area contributed by atoms with Crippen LogP contribution in [0.3, 0.4) is 0 Å². The topological polar surface area (TPSA) is 53.1 Å². The third-order valence-electron chi connectivity index (χ3n) is 5.07. The number of hydrogen-bond acceptors (Lipinski definition) is 3. The number of nitrogens with zero attached hydrogens (tertiary/aromatic N) is 2. The van der Waals surface area contributed by atoms with Gasteiger partial charge < -0.3 is 10.5 Å². The highest BCUT2D eigenvalue weighted by molar-refractivity contribution is 6.31. The van der Waals surface area contributed by atoms with Gasteiger partial charge in [-0.2, -0.15) is 5.10 Å². The summed E-state index contributed by atoms with van der Waals surface area (Å²) in [5.74, 6) is 0.771. The third-order valence-corrected chi connectivity index (χ3v) is 5.56. The smallest absolute Gasteiger partial charge is 0.0847 e. The lowest BCUT2D eigenvalue weighted by atomic mass is 9.74. The average Bonchev–Trinajstić information content (AvgIpc) is 2.76. The first-order chi connectivity index (χ1) is 9.93. The molecule has 5 heteroatoms. The molecule has 4 nitrogen and oxygen atoms in total. The van der Waals surface area contributed by atoms with Crippen LogP contribution in [0.15, 0.2) is 0 Å². The highest BCUT2D eigenvalue weighted by Gasteiger charge is 2.40. The normalized spacial score (nSPS) is 27.8. The zero-order valence-electron chi connectivity index (χ0n) is 13.7. The van der Waals surface area contributed by atoms with E-state index in [-0.39, 0.29) is 11.6 Å². The summed E-state index contributed by atoms with van der Waals surface area (Å²) >= 11 is 6.41. The summed E-state index contributed by atoms with van der Waals surface area (Å²) in [4.78, 5) is 0. The number of ether oxygens (including phenoxy) is 1. The summed E-state index contributed by atoms with van der Waals surface area (Å²) in [7, 11) is 1.79. The largest absolute Gasteiger partial charge is 0.377 e. The van der Waals surface area contributed by atoms with Crippen LogP contribution in [-0.4, -0.2) is 28.5 Å². The van der Waals surface area contributed by atoms with Crippen LogP contribution in [0.1, 0.15) is 50.9 Å². The predicted octanol–water partition coefficient (Wildman–Crippen LogP) is 3.33. The quantitative estimate of drug-likeness (QED) is 0.907. The first-order valence-electron chi connectivity index (χ1n) is 7.96. The van der Waals surface area contributed by atoms with Crippen molar-refractivity contribution in [3.63, 3.8) is 0 Å². The van der Waals surface area contributed by atoms with Gasteiger partial charge >= 0.3 is 0 Å². The Morgan fingerprint density at radius 1 is 1.48 bits per heavy atom. The van der Waals surface area contributed by atoms with Crippen LogP contribution < -0.4 is 5.73 Å². The molecular formula is C16H28ClN3O. The van der Waals surface area contributed by atoms with Crippen molar-refractivity contribution in [2.75, 3.05) is 7.11 Å². The van der Waals surface area contributed by atoms with Crippen LogP contribution in [0.25, 0.3) is 0 Å². The van der Waals surface area contributed by atoms with Gasteiger partial charge in [-0.05, 0) is 45.4 Å². The maximum absolute atomic E-state index is 6.55. The zero-order valence-corrected chi connectivity index (χ0v) is 14.4. The summed E-state index contributed by atoms with van der Waals surface area (Å²) in [6.07, 6.45) is 5.14. The summed E-state index contributed by atoms with van der Waals surface area (Å²) in [5, 5.41) is 5.23. The summed E-state index contributed by atoms with van der Waals surface area (Å²) < 4.78 is 7.85. The van der Waals surface area contributed by atoms with E-state index < -0.39 is 0 Å². The van der Waals surface area contributed by atoms with E-state index in [1.54, 1.807) is 7.11 Å². The number of methoxy groups -OCH3 is 1. The molecule has 1 fully saturated rings. The molecule has 2 rings (SSSR count). The molecule has 0 spiro atoms. The number of nitrogens with two attached hydrogens (primary N) is 1. The number of aromatic nitrogens is 2. The van der Waals surface area contributed by atoms with Gasteiger partial charge in [0.25, 0.3) is 0 Å². The van der Waals surface area contributed by atoms with E-state index in [1.165, 1.54) is 12.8 Å². The van der Waals surface area contributed by atoms with Gasteiger partial charge in [-0.3, -0.25) is 4.68 Å². The van der Waals surface area contributed by atoms with Crippen molar-refractivity contribution in [2.24, 2.45) is 11.7 Å². The summed E-state index contributed by atoms with van der Waals surface area (Å²) in [6.45, 7) is 7.13. The molecule has 21 heavy (non-hydrogen) atoms. The maximum Gasteiger partial charge on any atom is 0.0847 e. The van der Waals surface area contributed by atoms with Gasteiger partial charge in [-0.25, -0.2) is 0 Å². The van der Waals surface area contributed by atoms with E-state index in [1.807, 2.05) is 11.6 Å². The van der Waals surface area contributed by atoms with E-state index in [0.717, 1.165) is 48.1 Å². The van der Waals surface area contributed by atoms with Gasteiger partial charge in [0, 0.05) is 26.1 Å². The van der Waals surface area contributed by atoms with Crippen molar-refractivity contribution >= 4 is 11.6 Å². The molecule has 2 N–H and O–H groups in total. The first kappa shape index (κ1) is 16.8. The molecule has 0 radical (unpaired) electrons. The van der Waals surface area contributed by atoms with Gasteiger partial charge in [0.15, 0.2) is 0 Å². The Morgan fingerprint density at radius 2 is 2.10 bits per heavy atom. The molecule has 1 heterocycles. The molecule has 0 bridgehead atoms. The van der Waals surface area contributed by atoms with Crippen molar-refractivity contribution < 1.29 is 4.74 Å². The van der Waals surface area contributed by atoms with Gasteiger partial charge in [-0.1, -0.05) is 18.5 Å². The van der Waals surface area contributed by atoms with Crippen molar-refractivity contribution in [1.82, 2.24) is 9.78 Å². The lowest BCUT2D eigenvalue weighted by Crippen LogP contribution is -2.52. The highest BCUT2D eigenvalue weighted by Crippen LogP contribution is 2.37. The third kappa shape index (κ3) is 3.27. The van der Waals surface area contributed by atoms with E-state index in [9.17, 15) is 0 Å². The minimum atomic E-state index is -0.216. The maximum atomic E-state index is 6.55. The predicted molar refractivity (Wildman–Crippen MR) is 86.7 cm³/mol. The Morgan fingerprint density at radius 3 is 2.62 bits per heavy atom. The fraction of sp³-hybridized carbons (Fsp3) is 0.812. The molecule has 1 aromatic heterocycles. The second kappa shape index (κ2) is 6.67. The average molecular weight is 314 g/mol. The fourth-order valence-electron chi connectivity index (χ4n) is 3.44. The molecule has 1 saturated carbocycles. The summed E-state index contributed by atoms with van der Waals surface area (Å²) in [5.41, 5.74) is 8.25. The monoisotopic (exact) mass is 313 g/mol. The molecule has 0 saturated heterocycles. The van der Waals surface area contributed by atoms with Crippen LogP contribution in [0, 0.1) is 12.8 Å². The van der Waals surface area contributed by atoms with Crippen LogP contribution in [0.4, 0.5) is 0 Å². The minimum absolute atomic E-state index is 0.0473. The van der Waals surface area contributed by atoms with Crippen LogP contribution >= 0.6 is 11.6 Å². The van der Waals surface area contributed by atoms with Crippen LogP contribution in [0.5, 0.6) is 0 Å². The van der Waals surface area contributed by atoms with Crippen molar-refractivity contribution in [1.29, 1.82) is 0 Å². The molecule has 0 amide bonds. The van der Waals surface area contributed by atoms with Crippen LogP contribution in [0.2, 0.25) is 5.02 Å². The standard InChI is InChI=1S/C16H28ClN3O/c1-5-20-13(15(17)12(3)19-20)10-14(18)16(21-4)8-6-11(2)7-9-16/h11,14H,5-10,18H2,1-4H3. The first-order valence-corrected chi connectivity index (χ1v) is 8.33. The van der Waals surface area contributed by atoms with Gasteiger partial charge in [-0.15, -0.1) is 0 Å². The molecule has 1 aliphatic rings. The molecule has 0 aromatic carbocycles. The Hall–Kier alpha value is -0.580. The Balaban J connectivity index is 2.18. The molecule has 1 atom stereocenters. The molecule has 1 unspecified atom stereocenters. The summed E-state index contributed by atoms with van der Waals surface area (Å²) in [6, 6.07) is -0.0473. The van der Waals surface area contributed by atoms with Gasteiger partial charge in [0.2, 0.25) is 0 Å². The Labute approximate surface area is 133 Å². The van der Waals surface area contributed by atoms with E-state index in [0.29, 0.717) is 0 Å². The number of rotatable bonds is 5. The molecule has 1 aliphatic carbocycles. The van der Waals surface area contributed by atoms with Gasteiger partial charge in [0.1, 0.15) is 0 Å². The highest BCUT2D eigenvalue weighted by atomic mass is 35.5. The Bertz CT molecular complexity index is 478. The number of aryl methyl sites for hydroxylation is 2. The van der Waals surface area contributed by atoms with E-state index >= 15 is 0 Å². The molecule has 120 valence electrons. The van der Waals surface area contributed by atoms with Gasteiger partial charge in [0.05, 0.1) is 22.0 Å². The van der Waals surface area contributed by atoms with E-state index in [2.05, 4.69) is 18.9 Å². The second-order valence-corrected chi connectivity index (χ2v) is 6.80. The van der Waals surface area contributed by atoms with Crippen molar-refractivity contribution in [2.45, 2.75) is 71.1 Å². The minimum Gasteiger partial charge on any atom is -0.377 e. The lowest BCUT2D eigenvalue weighted by Gasteiger charge is -2.42. The van der Waals surface area contributed by atoms with Crippen molar-refractivity contribution in [3.05, 3.63) is 16.4 Å². The zero-order chi connectivity index (χ0) is 15.6. The molecule has 0 aliphatic heterocycles. The molecule has 1 aromatic rings. The Kier molecular flexibility index (Phi) is 5.33. The lowest BCUT2D eigenvalue weighted by molar-refractivity contribution is -0.0662. The second-order valence-electron chi connectivity index (χ2n) is 6.42. The van der Waals surface area contributed by atoms with Crippen LogP contribution in [-0.2, 0) is 17.7 Å². The number of halogens is 1. The molecular weight excluding hydrogens is 286 g/mol. The SMILES string of the molecule is CCn1nc(C)c(Cl)c1CC(N)C1(OC)CCC(C)CC1. The number of hydrogen-bond donors (Lipinski definition) is 1. The van der Waals surface area contributed by atoms with Crippen molar-refractivity contribution in [3.8, 4) is 0 Å². The van der Waals surface area contributed by atoms with E-state index in [4.69, 9.17) is 22.1 Å². The fourth-order valence-corrected chi connectivity index (χ4v) is 3.65.